The molecule has 0 atom stereocenters. The monoisotopic (exact) mass is 256 g/mol. The quantitative estimate of drug-likeness (QED) is 0.836. The zero-order valence-electron chi connectivity index (χ0n) is 10.4. The summed E-state index contributed by atoms with van der Waals surface area (Å²) in [5.41, 5.74) is 1.58. The van der Waals surface area contributed by atoms with Gasteiger partial charge >= 0.3 is 5.97 Å². The number of carbonyl (C=O) groups is 1. The number of ether oxygens (including phenoxy) is 1. The lowest BCUT2D eigenvalue weighted by Gasteiger charge is -1.97. The van der Waals surface area contributed by atoms with Gasteiger partial charge in [0.15, 0.2) is 0 Å². The lowest BCUT2D eigenvalue weighted by Crippen LogP contribution is -2.06. The van der Waals surface area contributed by atoms with Crippen molar-refractivity contribution in [3.8, 4) is 6.07 Å². The normalized spacial score (nSPS) is 9.89. The fraction of sp³-hybridized carbons (Fsp3) is 0.231. The van der Waals surface area contributed by atoms with Gasteiger partial charge in [-0.1, -0.05) is 12.1 Å². The predicted molar refractivity (Wildman–Crippen MR) is 66.3 cm³/mol. The van der Waals surface area contributed by atoms with E-state index in [2.05, 4.69) is 21.3 Å². The summed E-state index contributed by atoms with van der Waals surface area (Å²) in [7, 11) is 0. The average molecular weight is 256 g/mol. The Bertz CT molecular complexity index is 610. The molecule has 0 radical (unpaired) electrons. The molecule has 19 heavy (non-hydrogen) atoms. The molecule has 1 heterocycles. The highest BCUT2D eigenvalue weighted by atomic mass is 16.5. The van der Waals surface area contributed by atoms with Crippen LogP contribution >= 0.6 is 0 Å². The Hall–Kier alpha value is -2.68. The maximum Gasteiger partial charge on any atom is 0.378 e. The lowest BCUT2D eigenvalue weighted by atomic mass is 10.1. The van der Waals surface area contributed by atoms with Crippen molar-refractivity contribution in [2.45, 2.75) is 13.3 Å². The largest absolute Gasteiger partial charge is 0.460 e. The van der Waals surface area contributed by atoms with Gasteiger partial charge in [-0.3, -0.25) is 5.10 Å². The second-order valence-corrected chi connectivity index (χ2v) is 3.81. The maximum absolute atomic E-state index is 11.4. The van der Waals surface area contributed by atoms with E-state index in [1.807, 2.05) is 12.1 Å². The minimum absolute atomic E-state index is 0.0329. The fourth-order valence-corrected chi connectivity index (χ4v) is 1.55. The molecule has 0 aliphatic heterocycles. The van der Waals surface area contributed by atoms with Crippen LogP contribution < -0.4 is 0 Å². The predicted octanol–water partition coefficient (Wildman–Crippen LogP) is 1.44. The van der Waals surface area contributed by atoms with Gasteiger partial charge in [-0.05, 0) is 24.6 Å². The highest BCUT2D eigenvalue weighted by Crippen LogP contribution is 2.08. The molecule has 0 amide bonds. The van der Waals surface area contributed by atoms with Crippen LogP contribution in [0.3, 0.4) is 0 Å². The number of nitriles is 1. The van der Waals surface area contributed by atoms with E-state index in [-0.39, 0.29) is 5.82 Å². The first-order valence-corrected chi connectivity index (χ1v) is 5.80. The van der Waals surface area contributed by atoms with Crippen LogP contribution in [0.25, 0.3) is 0 Å². The summed E-state index contributed by atoms with van der Waals surface area (Å²) in [4.78, 5) is 15.5. The Morgan fingerprint density at radius 1 is 1.42 bits per heavy atom. The zero-order valence-corrected chi connectivity index (χ0v) is 10.4. The van der Waals surface area contributed by atoms with Crippen molar-refractivity contribution in [1.29, 1.82) is 5.26 Å². The summed E-state index contributed by atoms with van der Waals surface area (Å²) in [6.45, 7) is 2.01. The van der Waals surface area contributed by atoms with Crippen LogP contribution in [0.2, 0.25) is 0 Å². The minimum atomic E-state index is -0.537. The van der Waals surface area contributed by atoms with Gasteiger partial charge in [0.25, 0.3) is 5.82 Å². The molecule has 0 aliphatic rings. The standard InChI is InChI=1S/C13H12N4O2/c1-2-19-13(18)12-15-11(16-17-12)7-9-3-5-10(8-14)6-4-9/h3-6H,2,7H2,1H3,(H,15,16,17). The molecule has 2 rings (SSSR count). The Morgan fingerprint density at radius 3 is 2.79 bits per heavy atom. The third-order valence-corrected chi connectivity index (χ3v) is 2.44. The van der Waals surface area contributed by atoms with Crippen LogP contribution in [0.15, 0.2) is 24.3 Å². The summed E-state index contributed by atoms with van der Waals surface area (Å²) in [5.74, 6) is 0.0723. The molecule has 2 aromatic rings. The first kappa shape index (κ1) is 12.8. The van der Waals surface area contributed by atoms with Crippen LogP contribution in [0, 0.1) is 11.3 Å². The molecular formula is C13H12N4O2. The first-order valence-electron chi connectivity index (χ1n) is 5.80. The summed E-state index contributed by atoms with van der Waals surface area (Å²) in [6.07, 6.45) is 0.512. The number of benzene rings is 1. The molecule has 96 valence electrons. The average Bonchev–Trinajstić information content (AvgIpc) is 2.88. The molecule has 0 spiro atoms. The van der Waals surface area contributed by atoms with Crippen molar-refractivity contribution in [2.24, 2.45) is 0 Å². The molecule has 0 fully saturated rings. The van der Waals surface area contributed by atoms with E-state index in [0.29, 0.717) is 24.4 Å². The van der Waals surface area contributed by atoms with E-state index < -0.39 is 5.97 Å². The number of aromatic amines is 1. The van der Waals surface area contributed by atoms with Crippen molar-refractivity contribution in [3.05, 3.63) is 47.0 Å². The van der Waals surface area contributed by atoms with Crippen molar-refractivity contribution in [1.82, 2.24) is 15.2 Å². The number of nitrogens with one attached hydrogen (secondary N) is 1. The smallest absolute Gasteiger partial charge is 0.378 e. The number of rotatable bonds is 4. The molecule has 6 nitrogen and oxygen atoms in total. The molecule has 0 bridgehead atoms. The van der Waals surface area contributed by atoms with E-state index in [0.717, 1.165) is 5.56 Å². The van der Waals surface area contributed by atoms with Gasteiger partial charge in [-0.25, -0.2) is 9.78 Å². The minimum Gasteiger partial charge on any atom is -0.460 e. The molecular weight excluding hydrogens is 244 g/mol. The van der Waals surface area contributed by atoms with E-state index in [4.69, 9.17) is 10.00 Å². The van der Waals surface area contributed by atoms with Crippen molar-refractivity contribution < 1.29 is 9.53 Å². The van der Waals surface area contributed by atoms with Gasteiger partial charge < -0.3 is 4.74 Å². The van der Waals surface area contributed by atoms with Crippen LogP contribution in [-0.4, -0.2) is 27.8 Å². The highest BCUT2D eigenvalue weighted by molar-refractivity contribution is 5.84. The van der Waals surface area contributed by atoms with Gasteiger partial charge in [-0.15, -0.1) is 5.10 Å². The van der Waals surface area contributed by atoms with Crippen LogP contribution in [-0.2, 0) is 11.2 Å². The molecule has 6 heteroatoms. The molecule has 0 aliphatic carbocycles. The third-order valence-electron chi connectivity index (χ3n) is 2.44. The molecule has 1 aromatic carbocycles. The van der Waals surface area contributed by atoms with Crippen molar-refractivity contribution in [2.75, 3.05) is 6.61 Å². The third kappa shape index (κ3) is 3.16. The molecule has 0 saturated heterocycles. The van der Waals surface area contributed by atoms with Crippen LogP contribution in [0.1, 0.15) is 34.5 Å². The van der Waals surface area contributed by atoms with E-state index in [1.54, 1.807) is 19.1 Å². The second kappa shape index (κ2) is 5.78. The first-order chi connectivity index (χ1) is 9.22. The summed E-state index contributed by atoms with van der Waals surface area (Å²) in [6, 6.07) is 9.20. The van der Waals surface area contributed by atoms with Gasteiger partial charge in [0.1, 0.15) is 5.82 Å². The summed E-state index contributed by atoms with van der Waals surface area (Å²) >= 11 is 0. The number of H-pyrrole nitrogens is 1. The zero-order chi connectivity index (χ0) is 13.7. The van der Waals surface area contributed by atoms with Crippen LogP contribution in [0.5, 0.6) is 0 Å². The van der Waals surface area contributed by atoms with Gasteiger partial charge in [-0.2, -0.15) is 5.26 Å². The Kier molecular flexibility index (Phi) is 3.88. The Labute approximate surface area is 110 Å². The SMILES string of the molecule is CCOC(=O)c1n[nH]c(Cc2ccc(C#N)cc2)n1. The van der Waals surface area contributed by atoms with E-state index in [1.165, 1.54) is 0 Å². The molecule has 1 N–H and O–H groups in total. The Morgan fingerprint density at radius 2 is 2.16 bits per heavy atom. The van der Waals surface area contributed by atoms with Crippen molar-refractivity contribution >= 4 is 5.97 Å². The number of hydrogen-bond acceptors (Lipinski definition) is 5. The number of aromatic nitrogens is 3. The van der Waals surface area contributed by atoms with Gasteiger partial charge in [0.2, 0.25) is 0 Å². The van der Waals surface area contributed by atoms with Gasteiger partial charge in [0, 0.05) is 6.42 Å². The number of nitrogens with zero attached hydrogens (tertiary/aromatic N) is 3. The Balaban J connectivity index is 2.07. The molecule has 0 saturated carbocycles. The van der Waals surface area contributed by atoms with Crippen molar-refractivity contribution in [3.63, 3.8) is 0 Å². The number of hydrogen-bond donors (Lipinski definition) is 1. The van der Waals surface area contributed by atoms with E-state index in [9.17, 15) is 4.79 Å². The highest BCUT2D eigenvalue weighted by Gasteiger charge is 2.13. The summed E-state index contributed by atoms with van der Waals surface area (Å²) in [5, 5.41) is 15.2. The van der Waals surface area contributed by atoms with E-state index >= 15 is 0 Å². The molecule has 1 aromatic heterocycles. The number of carbonyl (C=O) groups excluding carboxylic acids is 1. The van der Waals surface area contributed by atoms with Crippen LogP contribution in [0.4, 0.5) is 0 Å². The molecule has 0 unspecified atom stereocenters. The fourth-order valence-electron chi connectivity index (χ4n) is 1.55. The van der Waals surface area contributed by atoms with Gasteiger partial charge in [0.05, 0.1) is 18.2 Å². The summed E-state index contributed by atoms with van der Waals surface area (Å²) < 4.78 is 4.80. The maximum atomic E-state index is 11.4. The lowest BCUT2D eigenvalue weighted by molar-refractivity contribution is 0.0512. The second-order valence-electron chi connectivity index (χ2n) is 3.81. The number of esters is 1. The topological polar surface area (TPSA) is 91.7 Å².